The van der Waals surface area contributed by atoms with Crippen LogP contribution >= 0.6 is 0 Å². The zero-order valence-electron chi connectivity index (χ0n) is 5.26. The first kappa shape index (κ1) is 12.8. The molecule has 1 heterocycles. The maximum Gasteiger partial charge on any atom is 2.00 e. The second-order valence-corrected chi connectivity index (χ2v) is 1.27. The van der Waals surface area contributed by atoms with Crippen LogP contribution in [0.4, 0.5) is 0 Å². The molecule has 1 aromatic rings. The Kier molecular flexibility index (Phi) is 7.61. The first-order chi connectivity index (χ1) is 3.84. The third-order valence-electron chi connectivity index (χ3n) is 0.774. The van der Waals surface area contributed by atoms with E-state index in [0.717, 1.165) is 0 Å². The standard InChI is InChI=1S/C4H5N4.2W/c1-3-8-4-5-6-7(8)2;;/h1,3H,2H3;;/q-1;;+2. The molecule has 0 fully saturated rings. The van der Waals surface area contributed by atoms with Crippen LogP contribution in [0.1, 0.15) is 0 Å². The van der Waals surface area contributed by atoms with Gasteiger partial charge in [0.15, 0.2) is 0 Å². The van der Waals surface area contributed by atoms with Crippen molar-refractivity contribution < 1.29 is 46.9 Å². The summed E-state index contributed by atoms with van der Waals surface area (Å²) >= 11 is 0. The molecule has 52 valence electrons. The SMILES string of the molecule is [CH-]=Cn1[c-]nn[n+]1C.[W+2].[W]. The van der Waals surface area contributed by atoms with E-state index >= 15 is 0 Å². The smallest absolute Gasteiger partial charge is 0.599 e. The van der Waals surface area contributed by atoms with E-state index in [0.29, 0.717) is 0 Å². The van der Waals surface area contributed by atoms with Gasteiger partial charge in [0, 0.05) is 21.1 Å². The normalized spacial score (nSPS) is 7.30. The van der Waals surface area contributed by atoms with Crippen LogP contribution in [0, 0.1) is 12.9 Å². The average molecular weight is 477 g/mol. The predicted molar refractivity (Wildman–Crippen MR) is 25.1 cm³/mol. The number of tetrazole rings is 1. The zero-order valence-corrected chi connectivity index (χ0v) is 11.1. The molecule has 0 N–H and O–H groups in total. The van der Waals surface area contributed by atoms with E-state index in [4.69, 9.17) is 6.58 Å². The first-order valence-electron chi connectivity index (χ1n) is 2.09. The van der Waals surface area contributed by atoms with E-state index < -0.39 is 0 Å². The molecule has 0 unspecified atom stereocenters. The molecule has 6 heteroatoms. The van der Waals surface area contributed by atoms with Gasteiger partial charge in [0.25, 0.3) is 0 Å². The molecule has 0 radical (unpaired) electrons. The zero-order chi connectivity index (χ0) is 5.98. The molecule has 1 rings (SSSR count). The van der Waals surface area contributed by atoms with Crippen LogP contribution in [0.2, 0.25) is 0 Å². The van der Waals surface area contributed by atoms with Crippen molar-refractivity contribution in [2.24, 2.45) is 7.05 Å². The Morgan fingerprint density at radius 2 is 2.30 bits per heavy atom. The van der Waals surface area contributed by atoms with Gasteiger partial charge in [-0.15, -0.1) is 0 Å². The number of hydrogen-bond donors (Lipinski definition) is 0. The molecule has 0 spiro atoms. The molecule has 0 aliphatic carbocycles. The van der Waals surface area contributed by atoms with E-state index in [1.54, 1.807) is 7.05 Å². The molecule has 0 aliphatic rings. The van der Waals surface area contributed by atoms with Crippen molar-refractivity contribution in [3.8, 4) is 0 Å². The molecule has 0 saturated heterocycles. The van der Waals surface area contributed by atoms with Crippen LogP contribution < -0.4 is 4.80 Å². The summed E-state index contributed by atoms with van der Waals surface area (Å²) in [6.07, 6.45) is 3.81. The fourth-order valence-electron chi connectivity index (χ4n) is 0.368. The predicted octanol–water partition coefficient (Wildman–Crippen LogP) is -1.20. The average Bonchev–Trinajstić information content (AvgIpc) is 2.14. The minimum absolute atomic E-state index is 0. The number of nitrogens with zero attached hydrogens (tertiary/aromatic N) is 4. The van der Waals surface area contributed by atoms with E-state index in [9.17, 15) is 0 Å². The molecule has 10 heavy (non-hydrogen) atoms. The van der Waals surface area contributed by atoms with Crippen molar-refractivity contribution in [2.75, 3.05) is 0 Å². The largest absolute Gasteiger partial charge is 2.00 e. The molecule has 0 bridgehead atoms. The van der Waals surface area contributed by atoms with Gasteiger partial charge < -0.3 is 11.3 Å². The number of aromatic nitrogens is 4. The molecule has 0 aromatic carbocycles. The van der Waals surface area contributed by atoms with Crippen LogP contribution in [0.3, 0.4) is 0 Å². The van der Waals surface area contributed by atoms with E-state index in [1.807, 2.05) is 0 Å². The summed E-state index contributed by atoms with van der Waals surface area (Å²) < 4.78 is 1.43. The first-order valence-corrected chi connectivity index (χ1v) is 2.09. The topological polar surface area (TPSA) is 34.6 Å². The van der Waals surface area contributed by atoms with Crippen molar-refractivity contribution in [3.63, 3.8) is 0 Å². The summed E-state index contributed by atoms with van der Waals surface area (Å²) in [4.78, 5) is 1.46. The maximum absolute atomic E-state index is 5.10. The van der Waals surface area contributed by atoms with Gasteiger partial charge in [-0.2, -0.15) is 0 Å². The fraction of sp³-hybridized carbons (Fsp3) is 0.250. The Labute approximate surface area is 87.8 Å². The molecule has 0 amide bonds. The van der Waals surface area contributed by atoms with E-state index in [-0.39, 0.29) is 42.1 Å². The van der Waals surface area contributed by atoms with E-state index in [2.05, 4.69) is 16.6 Å². The Morgan fingerprint density at radius 3 is 2.50 bits per heavy atom. The molecule has 0 aliphatic heterocycles. The Bertz CT molecular complexity index is 197. The third kappa shape index (κ3) is 2.85. The number of aryl methyl sites for hydroxylation is 1. The Hall–Kier alpha value is 0.187. The summed E-state index contributed by atoms with van der Waals surface area (Å²) in [5.41, 5.74) is 0. The van der Waals surface area contributed by atoms with Crippen molar-refractivity contribution >= 4 is 6.20 Å². The van der Waals surface area contributed by atoms with Gasteiger partial charge in [-0.1, -0.05) is 4.80 Å². The maximum atomic E-state index is 5.10. The summed E-state index contributed by atoms with van der Waals surface area (Å²) in [6, 6.07) is 0. The summed E-state index contributed by atoms with van der Waals surface area (Å²) in [5, 5.41) is 6.98. The van der Waals surface area contributed by atoms with Crippen molar-refractivity contribution in [2.45, 2.75) is 0 Å². The molecule has 1 aromatic heterocycles. The van der Waals surface area contributed by atoms with Crippen LogP contribution in [-0.2, 0) is 49.2 Å². The summed E-state index contributed by atoms with van der Waals surface area (Å²) in [6.45, 7) is 5.10. The van der Waals surface area contributed by atoms with Crippen molar-refractivity contribution in [3.05, 3.63) is 12.9 Å². The van der Waals surface area contributed by atoms with Gasteiger partial charge in [0.1, 0.15) is 18.6 Å². The van der Waals surface area contributed by atoms with Crippen molar-refractivity contribution in [1.29, 1.82) is 0 Å². The van der Waals surface area contributed by atoms with Crippen LogP contribution in [-0.4, -0.2) is 15.0 Å². The van der Waals surface area contributed by atoms with Crippen molar-refractivity contribution in [1.82, 2.24) is 15.0 Å². The molecular weight excluding hydrogens is 472 g/mol. The molecular formula is C4H5N4W2+. The monoisotopic (exact) mass is 477 g/mol. The minimum atomic E-state index is 0. The van der Waals surface area contributed by atoms with Crippen LogP contribution in [0.15, 0.2) is 0 Å². The van der Waals surface area contributed by atoms with Gasteiger partial charge in [-0.25, -0.2) is 0 Å². The summed E-state index contributed by atoms with van der Waals surface area (Å²) in [5.74, 6) is 0. The number of rotatable bonds is 1. The molecule has 0 saturated carbocycles. The van der Waals surface area contributed by atoms with Gasteiger partial charge >= 0.3 is 21.1 Å². The van der Waals surface area contributed by atoms with E-state index in [1.165, 1.54) is 15.7 Å². The molecule has 4 nitrogen and oxygen atoms in total. The number of hydrogen-bond acceptors (Lipinski definition) is 2. The second-order valence-electron chi connectivity index (χ2n) is 1.27. The van der Waals surface area contributed by atoms with Gasteiger partial charge in [0.05, 0.1) is 0 Å². The van der Waals surface area contributed by atoms with Crippen LogP contribution in [0.25, 0.3) is 6.20 Å². The third-order valence-corrected chi connectivity index (χ3v) is 0.774. The van der Waals surface area contributed by atoms with Gasteiger partial charge in [-0.05, 0) is 5.10 Å². The Morgan fingerprint density at radius 1 is 1.70 bits per heavy atom. The molecule has 0 atom stereocenters. The minimum Gasteiger partial charge on any atom is -0.599 e. The Balaban J connectivity index is 0. The van der Waals surface area contributed by atoms with Gasteiger partial charge in [0.2, 0.25) is 0 Å². The van der Waals surface area contributed by atoms with Gasteiger partial charge in [-0.3, -0.25) is 6.20 Å². The fourth-order valence-corrected chi connectivity index (χ4v) is 0.368. The quantitative estimate of drug-likeness (QED) is 0.377. The van der Waals surface area contributed by atoms with Crippen LogP contribution in [0.5, 0.6) is 0 Å². The second kappa shape index (κ2) is 5.93. The summed E-state index contributed by atoms with van der Waals surface area (Å²) in [7, 11) is 1.72.